The third-order valence-electron chi connectivity index (χ3n) is 5.36. The van der Waals surface area contributed by atoms with Gasteiger partial charge in [-0.25, -0.2) is 0 Å². The minimum Gasteiger partial charge on any atom is -0.492 e. The molecule has 1 heterocycles. The zero-order chi connectivity index (χ0) is 19.0. The molecular weight excluding hydrogens is 473 g/mol. The molecule has 1 fully saturated rings. The largest absolute Gasteiger partial charge is 0.492 e. The van der Waals surface area contributed by atoms with Crippen molar-refractivity contribution in [2.45, 2.75) is 32.1 Å². The second-order valence-electron chi connectivity index (χ2n) is 7.17. The highest BCUT2D eigenvalue weighted by Crippen LogP contribution is 2.40. The molecule has 2 N–H and O–H groups in total. The Hall–Kier alpha value is -1.42. The molecule has 0 spiro atoms. The van der Waals surface area contributed by atoms with Crippen molar-refractivity contribution in [3.05, 3.63) is 18.2 Å². The number of methoxy groups -OCH3 is 1. The molecule has 3 rings (SSSR count). The molecule has 0 atom stereocenters. The van der Waals surface area contributed by atoms with Crippen LogP contribution in [0.1, 0.15) is 32.1 Å². The Labute approximate surface area is 184 Å². The van der Waals surface area contributed by atoms with Gasteiger partial charge in [0.25, 0.3) is 0 Å². The predicted molar refractivity (Wildman–Crippen MR) is 120 cm³/mol. The first kappa shape index (κ1) is 22.9. The van der Waals surface area contributed by atoms with Gasteiger partial charge >= 0.3 is 0 Å². The molecular formula is C20H32IN3O4. The average Bonchev–Trinajstić information content (AvgIpc) is 3.35. The fourth-order valence-electron chi connectivity index (χ4n) is 3.76. The van der Waals surface area contributed by atoms with E-state index >= 15 is 0 Å². The van der Waals surface area contributed by atoms with Crippen LogP contribution in [0.2, 0.25) is 0 Å². The van der Waals surface area contributed by atoms with Gasteiger partial charge in [-0.3, -0.25) is 4.99 Å². The molecule has 0 aromatic heterocycles. The molecule has 0 radical (unpaired) electrons. The van der Waals surface area contributed by atoms with Gasteiger partial charge in [0.2, 0.25) is 6.79 Å². The lowest BCUT2D eigenvalue weighted by atomic mass is 9.83. The van der Waals surface area contributed by atoms with Crippen LogP contribution >= 0.6 is 24.0 Å². The van der Waals surface area contributed by atoms with Crippen molar-refractivity contribution in [3.8, 4) is 17.2 Å². The number of benzene rings is 1. The van der Waals surface area contributed by atoms with E-state index in [1.54, 1.807) is 14.2 Å². The van der Waals surface area contributed by atoms with Gasteiger partial charge in [-0.1, -0.05) is 12.8 Å². The summed E-state index contributed by atoms with van der Waals surface area (Å²) in [4.78, 5) is 4.32. The van der Waals surface area contributed by atoms with Gasteiger partial charge in [0.15, 0.2) is 17.5 Å². The van der Waals surface area contributed by atoms with Gasteiger partial charge in [-0.05, 0) is 36.8 Å². The van der Waals surface area contributed by atoms with E-state index in [2.05, 4.69) is 15.6 Å². The lowest BCUT2D eigenvalue weighted by molar-refractivity contribution is 0.138. The van der Waals surface area contributed by atoms with E-state index in [1.165, 1.54) is 25.7 Å². The van der Waals surface area contributed by atoms with Crippen molar-refractivity contribution in [3.63, 3.8) is 0 Å². The molecule has 0 amide bonds. The van der Waals surface area contributed by atoms with Gasteiger partial charge in [0.1, 0.15) is 12.4 Å². The molecule has 0 unspecified atom stereocenters. The summed E-state index contributed by atoms with van der Waals surface area (Å²) in [7, 11) is 3.57. The highest BCUT2D eigenvalue weighted by Gasteiger charge is 2.33. The summed E-state index contributed by atoms with van der Waals surface area (Å²) >= 11 is 0. The van der Waals surface area contributed by atoms with E-state index < -0.39 is 0 Å². The van der Waals surface area contributed by atoms with Gasteiger partial charge in [0.05, 0.1) is 6.54 Å². The summed E-state index contributed by atoms with van der Waals surface area (Å²) in [5, 5.41) is 6.80. The molecule has 1 aromatic carbocycles. The van der Waals surface area contributed by atoms with E-state index in [1.807, 2.05) is 18.2 Å². The topological polar surface area (TPSA) is 73.3 Å². The Morgan fingerprint density at radius 1 is 1.14 bits per heavy atom. The highest BCUT2D eigenvalue weighted by molar-refractivity contribution is 14.0. The average molecular weight is 505 g/mol. The molecule has 1 aliphatic carbocycles. The number of nitrogens with zero attached hydrogens (tertiary/aromatic N) is 1. The zero-order valence-corrected chi connectivity index (χ0v) is 19.1. The molecule has 1 aromatic rings. The molecule has 8 heteroatoms. The van der Waals surface area contributed by atoms with E-state index in [-0.39, 0.29) is 30.8 Å². The monoisotopic (exact) mass is 505 g/mol. The van der Waals surface area contributed by atoms with E-state index in [9.17, 15) is 0 Å². The summed E-state index contributed by atoms with van der Waals surface area (Å²) in [6.07, 6.45) is 6.23. The molecule has 0 saturated heterocycles. The molecule has 0 bridgehead atoms. The smallest absolute Gasteiger partial charge is 0.231 e. The maximum Gasteiger partial charge on any atom is 0.231 e. The molecule has 2 aliphatic rings. The van der Waals surface area contributed by atoms with Crippen molar-refractivity contribution in [2.75, 3.05) is 47.3 Å². The van der Waals surface area contributed by atoms with Crippen LogP contribution in [0.5, 0.6) is 17.2 Å². The van der Waals surface area contributed by atoms with Crippen LogP contribution in [-0.2, 0) is 4.74 Å². The fourth-order valence-corrected chi connectivity index (χ4v) is 3.76. The minimum absolute atomic E-state index is 0. The predicted octanol–water partition coefficient (Wildman–Crippen LogP) is 3.17. The Balaban J connectivity index is 0.00000280. The standard InChI is InChI=1S/C20H31N3O4.HI/c1-21-19(23-14-20(9-11-24-2)7-3-4-8-20)22-10-12-25-16-5-6-17-18(13-16)27-15-26-17;/h5-6,13H,3-4,7-12,14-15H2,1-2H3,(H2,21,22,23);1H. The summed E-state index contributed by atoms with van der Waals surface area (Å²) in [5.74, 6) is 3.08. The van der Waals surface area contributed by atoms with Crippen LogP contribution in [0.4, 0.5) is 0 Å². The van der Waals surface area contributed by atoms with Crippen LogP contribution < -0.4 is 24.8 Å². The Kier molecular flexibility index (Phi) is 9.43. The molecule has 1 aliphatic heterocycles. The quantitative estimate of drug-likeness (QED) is 0.233. The lowest BCUT2D eigenvalue weighted by Gasteiger charge is -2.29. The Morgan fingerprint density at radius 2 is 1.93 bits per heavy atom. The number of aliphatic imine (C=N–C) groups is 1. The van der Waals surface area contributed by atoms with Crippen LogP contribution in [0.15, 0.2) is 23.2 Å². The number of ether oxygens (including phenoxy) is 4. The summed E-state index contributed by atoms with van der Waals surface area (Å²) in [6.45, 7) is 3.22. The first-order valence-electron chi connectivity index (χ1n) is 9.71. The zero-order valence-electron chi connectivity index (χ0n) is 16.8. The molecule has 7 nitrogen and oxygen atoms in total. The second kappa shape index (κ2) is 11.5. The number of guanidine groups is 1. The van der Waals surface area contributed by atoms with Crippen molar-refractivity contribution in [1.29, 1.82) is 0 Å². The SMILES string of the molecule is CN=C(NCCOc1ccc2c(c1)OCO2)NCC1(CCOC)CCCC1.I. The third kappa shape index (κ3) is 6.30. The van der Waals surface area contributed by atoms with E-state index in [0.29, 0.717) is 18.6 Å². The van der Waals surface area contributed by atoms with Crippen molar-refractivity contribution >= 4 is 29.9 Å². The van der Waals surface area contributed by atoms with Crippen LogP contribution in [-0.4, -0.2) is 53.2 Å². The summed E-state index contributed by atoms with van der Waals surface area (Å²) < 4.78 is 21.8. The number of nitrogens with one attached hydrogen (secondary N) is 2. The Morgan fingerprint density at radius 3 is 2.68 bits per heavy atom. The van der Waals surface area contributed by atoms with Crippen molar-refractivity contribution in [2.24, 2.45) is 10.4 Å². The first-order valence-corrected chi connectivity index (χ1v) is 9.71. The number of hydrogen-bond donors (Lipinski definition) is 2. The van der Waals surface area contributed by atoms with Crippen LogP contribution in [0, 0.1) is 5.41 Å². The minimum atomic E-state index is 0. The maximum atomic E-state index is 5.78. The normalized spacial score (nSPS) is 17.1. The summed E-state index contributed by atoms with van der Waals surface area (Å²) in [6, 6.07) is 5.61. The molecule has 28 heavy (non-hydrogen) atoms. The maximum absolute atomic E-state index is 5.78. The molecule has 158 valence electrons. The summed E-state index contributed by atoms with van der Waals surface area (Å²) in [5.41, 5.74) is 0.330. The van der Waals surface area contributed by atoms with Gasteiger partial charge < -0.3 is 29.6 Å². The Bertz CT molecular complexity index is 636. The first-order chi connectivity index (χ1) is 13.2. The van der Waals surface area contributed by atoms with Gasteiger partial charge in [-0.15, -0.1) is 24.0 Å². The third-order valence-corrected chi connectivity index (χ3v) is 5.36. The second-order valence-corrected chi connectivity index (χ2v) is 7.17. The van der Waals surface area contributed by atoms with E-state index in [4.69, 9.17) is 18.9 Å². The number of fused-ring (bicyclic) bond motifs is 1. The van der Waals surface area contributed by atoms with Crippen LogP contribution in [0.3, 0.4) is 0 Å². The van der Waals surface area contributed by atoms with E-state index in [0.717, 1.165) is 42.8 Å². The fraction of sp³-hybridized carbons (Fsp3) is 0.650. The van der Waals surface area contributed by atoms with Gasteiger partial charge in [0, 0.05) is 33.4 Å². The number of hydrogen-bond acceptors (Lipinski definition) is 5. The highest BCUT2D eigenvalue weighted by atomic mass is 127. The van der Waals surface area contributed by atoms with Crippen LogP contribution in [0.25, 0.3) is 0 Å². The lowest BCUT2D eigenvalue weighted by Crippen LogP contribution is -2.44. The van der Waals surface area contributed by atoms with Crippen molar-refractivity contribution in [1.82, 2.24) is 10.6 Å². The molecule has 1 saturated carbocycles. The number of rotatable bonds is 9. The van der Waals surface area contributed by atoms with Crippen molar-refractivity contribution < 1.29 is 18.9 Å². The number of halogens is 1. The van der Waals surface area contributed by atoms with Gasteiger partial charge in [-0.2, -0.15) is 0 Å².